The number of nitrogens with two attached hydrogens (primary N) is 1. The SMILES string of the molecule is COc1nc(N)nc(NC(C)c2cccc(Br)c2)n1. The first kappa shape index (κ1) is 13.5. The molecule has 0 spiro atoms. The lowest BCUT2D eigenvalue weighted by Gasteiger charge is -2.14. The van der Waals surface area contributed by atoms with E-state index in [0.29, 0.717) is 5.95 Å². The van der Waals surface area contributed by atoms with Crippen LogP contribution in [0.3, 0.4) is 0 Å². The highest BCUT2D eigenvalue weighted by Crippen LogP contribution is 2.21. The summed E-state index contributed by atoms with van der Waals surface area (Å²) >= 11 is 3.44. The number of aromatic nitrogens is 3. The van der Waals surface area contributed by atoms with Gasteiger partial charge in [-0.3, -0.25) is 0 Å². The summed E-state index contributed by atoms with van der Waals surface area (Å²) in [6.07, 6.45) is 0. The molecule has 6 nitrogen and oxygen atoms in total. The van der Waals surface area contributed by atoms with Crippen molar-refractivity contribution in [2.45, 2.75) is 13.0 Å². The zero-order valence-corrected chi connectivity index (χ0v) is 12.2. The maximum absolute atomic E-state index is 5.58. The van der Waals surface area contributed by atoms with Crippen molar-refractivity contribution in [2.75, 3.05) is 18.2 Å². The number of ether oxygens (including phenoxy) is 1. The van der Waals surface area contributed by atoms with Crippen molar-refractivity contribution in [3.8, 4) is 6.01 Å². The molecule has 1 atom stereocenters. The molecule has 0 aliphatic heterocycles. The summed E-state index contributed by atoms with van der Waals surface area (Å²) in [6, 6.07) is 8.21. The fraction of sp³-hybridized carbons (Fsp3) is 0.250. The van der Waals surface area contributed by atoms with Gasteiger partial charge in [0.25, 0.3) is 0 Å². The lowest BCUT2D eigenvalue weighted by Crippen LogP contribution is -2.12. The van der Waals surface area contributed by atoms with Gasteiger partial charge in [0.05, 0.1) is 13.2 Å². The van der Waals surface area contributed by atoms with E-state index in [0.717, 1.165) is 10.0 Å². The van der Waals surface area contributed by atoms with Gasteiger partial charge in [-0.25, -0.2) is 0 Å². The van der Waals surface area contributed by atoms with E-state index in [9.17, 15) is 0 Å². The number of hydrogen-bond acceptors (Lipinski definition) is 6. The number of anilines is 2. The molecule has 2 aromatic rings. The molecule has 3 N–H and O–H groups in total. The summed E-state index contributed by atoms with van der Waals surface area (Å²) in [5, 5.41) is 3.16. The third-order valence-corrected chi connectivity index (χ3v) is 3.00. The Morgan fingerprint density at radius 1 is 1.32 bits per heavy atom. The van der Waals surface area contributed by atoms with Crippen molar-refractivity contribution in [3.63, 3.8) is 0 Å². The molecular weight excluding hydrogens is 310 g/mol. The van der Waals surface area contributed by atoms with E-state index in [1.54, 1.807) is 0 Å². The van der Waals surface area contributed by atoms with Crippen molar-refractivity contribution in [1.29, 1.82) is 0 Å². The molecule has 2 rings (SSSR count). The Morgan fingerprint density at radius 2 is 2.11 bits per heavy atom. The first-order valence-electron chi connectivity index (χ1n) is 5.66. The van der Waals surface area contributed by atoms with Gasteiger partial charge in [0.2, 0.25) is 11.9 Å². The Hall–Kier alpha value is -1.89. The molecule has 0 saturated heterocycles. The first-order chi connectivity index (χ1) is 9.08. The molecule has 1 heterocycles. The summed E-state index contributed by atoms with van der Waals surface area (Å²) in [5.41, 5.74) is 6.69. The molecule has 100 valence electrons. The van der Waals surface area contributed by atoms with Gasteiger partial charge >= 0.3 is 6.01 Å². The molecule has 0 bridgehead atoms. The van der Waals surface area contributed by atoms with Crippen LogP contribution in [-0.4, -0.2) is 22.1 Å². The second-order valence-electron chi connectivity index (χ2n) is 3.92. The summed E-state index contributed by atoms with van der Waals surface area (Å²) in [4.78, 5) is 11.9. The number of benzene rings is 1. The van der Waals surface area contributed by atoms with E-state index in [1.807, 2.05) is 31.2 Å². The van der Waals surface area contributed by atoms with Crippen LogP contribution in [0.5, 0.6) is 6.01 Å². The minimum atomic E-state index is 0.0315. The summed E-state index contributed by atoms with van der Waals surface area (Å²) in [5.74, 6) is 0.507. The van der Waals surface area contributed by atoms with Gasteiger partial charge < -0.3 is 15.8 Å². The number of halogens is 1. The van der Waals surface area contributed by atoms with E-state index in [-0.39, 0.29) is 18.0 Å². The summed E-state index contributed by atoms with van der Waals surface area (Å²) in [7, 11) is 1.48. The average molecular weight is 324 g/mol. The first-order valence-corrected chi connectivity index (χ1v) is 6.45. The molecule has 0 saturated carbocycles. The van der Waals surface area contributed by atoms with E-state index in [4.69, 9.17) is 10.5 Å². The Bertz CT molecular complexity index is 578. The van der Waals surface area contributed by atoms with Gasteiger partial charge in [0.1, 0.15) is 0 Å². The van der Waals surface area contributed by atoms with Gasteiger partial charge in [-0.05, 0) is 24.6 Å². The lowest BCUT2D eigenvalue weighted by atomic mass is 10.1. The third kappa shape index (κ3) is 3.54. The highest BCUT2D eigenvalue weighted by Gasteiger charge is 2.10. The maximum Gasteiger partial charge on any atom is 0.322 e. The van der Waals surface area contributed by atoms with E-state index in [1.165, 1.54) is 7.11 Å². The monoisotopic (exact) mass is 323 g/mol. The van der Waals surface area contributed by atoms with Crippen molar-refractivity contribution in [3.05, 3.63) is 34.3 Å². The minimum absolute atomic E-state index is 0.0315. The third-order valence-electron chi connectivity index (χ3n) is 2.51. The number of rotatable bonds is 4. The van der Waals surface area contributed by atoms with Gasteiger partial charge in [0.15, 0.2) is 0 Å². The van der Waals surface area contributed by atoms with Crippen LogP contribution in [0.15, 0.2) is 28.7 Å². The predicted octanol–water partition coefficient (Wildman–Crippen LogP) is 2.40. The summed E-state index contributed by atoms with van der Waals surface area (Å²) < 4.78 is 5.97. The number of nitrogen functional groups attached to an aromatic ring is 1. The van der Waals surface area contributed by atoms with Crippen molar-refractivity contribution in [1.82, 2.24) is 15.0 Å². The molecule has 1 aromatic carbocycles. The van der Waals surface area contributed by atoms with Crippen molar-refractivity contribution < 1.29 is 4.74 Å². The highest BCUT2D eigenvalue weighted by molar-refractivity contribution is 9.10. The molecule has 0 aliphatic rings. The van der Waals surface area contributed by atoms with Crippen LogP contribution < -0.4 is 15.8 Å². The van der Waals surface area contributed by atoms with Crippen LogP contribution in [0.25, 0.3) is 0 Å². The molecule has 0 amide bonds. The van der Waals surface area contributed by atoms with Gasteiger partial charge in [0, 0.05) is 4.47 Å². The maximum atomic E-state index is 5.58. The van der Waals surface area contributed by atoms with Crippen LogP contribution in [0.1, 0.15) is 18.5 Å². The normalized spacial score (nSPS) is 11.9. The highest BCUT2D eigenvalue weighted by atomic mass is 79.9. The quantitative estimate of drug-likeness (QED) is 0.898. The topological polar surface area (TPSA) is 86.0 Å². The number of methoxy groups -OCH3 is 1. The number of hydrogen-bond donors (Lipinski definition) is 2. The standard InChI is InChI=1S/C12H14BrN5O/c1-7(8-4-3-5-9(13)6-8)15-11-16-10(14)17-12(18-11)19-2/h3-7H,1-2H3,(H3,14,15,16,17,18). The number of nitrogens with one attached hydrogen (secondary N) is 1. The van der Waals surface area contributed by atoms with E-state index >= 15 is 0 Å². The molecule has 1 aromatic heterocycles. The second-order valence-corrected chi connectivity index (χ2v) is 4.84. The van der Waals surface area contributed by atoms with Gasteiger partial charge in [-0.15, -0.1) is 0 Å². The minimum Gasteiger partial charge on any atom is -0.467 e. The lowest BCUT2D eigenvalue weighted by molar-refractivity contribution is 0.379. The molecule has 1 unspecified atom stereocenters. The Labute approximate surface area is 119 Å². The predicted molar refractivity (Wildman–Crippen MR) is 77.0 cm³/mol. The summed E-state index contributed by atoms with van der Waals surface area (Å²) in [6.45, 7) is 2.01. The molecular formula is C12H14BrN5O. The van der Waals surface area contributed by atoms with Crippen LogP contribution in [0.2, 0.25) is 0 Å². The second kappa shape index (κ2) is 5.83. The largest absolute Gasteiger partial charge is 0.467 e. The Balaban J connectivity index is 2.18. The zero-order chi connectivity index (χ0) is 13.8. The zero-order valence-electron chi connectivity index (χ0n) is 10.6. The molecule has 0 radical (unpaired) electrons. The van der Waals surface area contributed by atoms with E-state index in [2.05, 4.69) is 36.2 Å². The Morgan fingerprint density at radius 3 is 2.79 bits per heavy atom. The molecule has 7 heteroatoms. The molecule has 19 heavy (non-hydrogen) atoms. The molecule has 0 aliphatic carbocycles. The fourth-order valence-corrected chi connectivity index (χ4v) is 2.00. The number of nitrogens with zero attached hydrogens (tertiary/aromatic N) is 3. The van der Waals surface area contributed by atoms with Crippen LogP contribution in [-0.2, 0) is 0 Å². The van der Waals surface area contributed by atoms with Gasteiger partial charge in [-0.1, -0.05) is 28.1 Å². The van der Waals surface area contributed by atoms with Gasteiger partial charge in [-0.2, -0.15) is 15.0 Å². The molecule has 0 fully saturated rings. The van der Waals surface area contributed by atoms with E-state index < -0.39 is 0 Å². The van der Waals surface area contributed by atoms with Crippen LogP contribution in [0.4, 0.5) is 11.9 Å². The Kier molecular flexibility index (Phi) is 4.16. The smallest absolute Gasteiger partial charge is 0.322 e. The van der Waals surface area contributed by atoms with Crippen LogP contribution in [0, 0.1) is 0 Å². The van der Waals surface area contributed by atoms with Crippen molar-refractivity contribution >= 4 is 27.8 Å². The average Bonchev–Trinajstić information content (AvgIpc) is 2.38. The fourth-order valence-electron chi connectivity index (χ4n) is 1.58. The van der Waals surface area contributed by atoms with Crippen molar-refractivity contribution in [2.24, 2.45) is 0 Å². The van der Waals surface area contributed by atoms with Crippen LogP contribution >= 0.6 is 15.9 Å².